The van der Waals surface area contributed by atoms with Crippen molar-refractivity contribution in [3.8, 4) is 0 Å². The molecular weight excluding hydrogens is 184 g/mol. The SMILES string of the molecule is CC(C)=CC(=O)N1CC(=O)NC(=O)C1. The van der Waals surface area contributed by atoms with E-state index in [-0.39, 0.29) is 19.0 Å². The van der Waals surface area contributed by atoms with E-state index in [0.29, 0.717) is 0 Å². The van der Waals surface area contributed by atoms with Crippen LogP contribution in [0.25, 0.3) is 0 Å². The van der Waals surface area contributed by atoms with Gasteiger partial charge in [-0.1, -0.05) is 5.57 Å². The van der Waals surface area contributed by atoms with Crippen molar-refractivity contribution in [3.05, 3.63) is 11.6 Å². The summed E-state index contributed by atoms with van der Waals surface area (Å²) in [6.07, 6.45) is 1.41. The van der Waals surface area contributed by atoms with Crippen LogP contribution in [0.3, 0.4) is 0 Å². The second-order valence-electron chi connectivity index (χ2n) is 3.39. The van der Waals surface area contributed by atoms with E-state index >= 15 is 0 Å². The molecule has 0 spiro atoms. The van der Waals surface area contributed by atoms with Gasteiger partial charge in [-0.15, -0.1) is 0 Å². The Kier molecular flexibility index (Phi) is 3.01. The standard InChI is InChI=1S/C9H12N2O3/c1-6(2)3-9(14)11-4-7(12)10-8(13)5-11/h3H,4-5H2,1-2H3,(H,10,12,13). The van der Waals surface area contributed by atoms with Gasteiger partial charge in [0.2, 0.25) is 17.7 Å². The second-order valence-corrected chi connectivity index (χ2v) is 3.39. The number of rotatable bonds is 1. The van der Waals surface area contributed by atoms with Crippen LogP contribution in [0.15, 0.2) is 11.6 Å². The van der Waals surface area contributed by atoms with Crippen LogP contribution in [-0.4, -0.2) is 35.7 Å². The van der Waals surface area contributed by atoms with Gasteiger partial charge in [-0.25, -0.2) is 0 Å². The first kappa shape index (κ1) is 10.4. The third kappa shape index (κ3) is 2.69. The normalized spacial score (nSPS) is 16.3. The summed E-state index contributed by atoms with van der Waals surface area (Å²) in [5.41, 5.74) is 0.841. The molecule has 0 saturated carbocycles. The number of carbonyl (C=O) groups is 3. The van der Waals surface area contributed by atoms with E-state index in [0.717, 1.165) is 5.57 Å². The molecule has 0 unspecified atom stereocenters. The highest BCUT2D eigenvalue weighted by atomic mass is 16.2. The largest absolute Gasteiger partial charge is 0.321 e. The van der Waals surface area contributed by atoms with Gasteiger partial charge in [0.1, 0.15) is 13.1 Å². The Morgan fingerprint density at radius 2 is 1.79 bits per heavy atom. The van der Waals surface area contributed by atoms with Crippen LogP contribution in [0.1, 0.15) is 13.8 Å². The lowest BCUT2D eigenvalue weighted by molar-refractivity contribution is -0.143. The minimum atomic E-state index is -0.434. The van der Waals surface area contributed by atoms with Gasteiger partial charge in [-0.2, -0.15) is 0 Å². The number of hydrogen-bond donors (Lipinski definition) is 1. The molecule has 76 valence electrons. The summed E-state index contributed by atoms with van der Waals surface area (Å²) in [6.45, 7) is 3.47. The van der Waals surface area contributed by atoms with Crippen molar-refractivity contribution in [1.29, 1.82) is 0 Å². The zero-order valence-corrected chi connectivity index (χ0v) is 8.16. The molecule has 1 heterocycles. The highest BCUT2D eigenvalue weighted by Gasteiger charge is 2.24. The molecule has 5 nitrogen and oxygen atoms in total. The molecule has 5 heteroatoms. The molecule has 0 aliphatic carbocycles. The highest BCUT2D eigenvalue weighted by Crippen LogP contribution is 1.99. The predicted octanol–water partition coefficient (Wildman–Crippen LogP) is -0.562. The fraction of sp³-hybridized carbons (Fsp3) is 0.444. The van der Waals surface area contributed by atoms with E-state index in [2.05, 4.69) is 5.32 Å². The minimum Gasteiger partial charge on any atom is -0.321 e. The van der Waals surface area contributed by atoms with Gasteiger partial charge in [0, 0.05) is 6.08 Å². The van der Waals surface area contributed by atoms with Crippen molar-refractivity contribution in [2.45, 2.75) is 13.8 Å². The number of carbonyl (C=O) groups excluding carboxylic acids is 3. The van der Waals surface area contributed by atoms with Crippen molar-refractivity contribution in [2.75, 3.05) is 13.1 Å². The van der Waals surface area contributed by atoms with Crippen LogP contribution in [0.4, 0.5) is 0 Å². The summed E-state index contributed by atoms with van der Waals surface area (Å²) in [5, 5.41) is 2.12. The maximum absolute atomic E-state index is 11.4. The number of nitrogens with zero attached hydrogens (tertiary/aromatic N) is 1. The van der Waals surface area contributed by atoms with E-state index in [1.165, 1.54) is 11.0 Å². The van der Waals surface area contributed by atoms with Gasteiger partial charge >= 0.3 is 0 Å². The molecule has 0 aromatic rings. The molecule has 0 aromatic carbocycles. The zero-order chi connectivity index (χ0) is 10.7. The van der Waals surface area contributed by atoms with Crippen LogP contribution in [0.2, 0.25) is 0 Å². The molecule has 14 heavy (non-hydrogen) atoms. The molecule has 0 aromatic heterocycles. The van der Waals surface area contributed by atoms with Gasteiger partial charge in [0.15, 0.2) is 0 Å². The van der Waals surface area contributed by atoms with Crippen molar-refractivity contribution in [1.82, 2.24) is 10.2 Å². The third-order valence-corrected chi connectivity index (χ3v) is 1.67. The summed E-state index contributed by atoms with van der Waals surface area (Å²) in [7, 11) is 0. The Hall–Kier alpha value is -1.65. The Bertz CT molecular complexity index is 300. The number of amides is 3. The Morgan fingerprint density at radius 3 is 2.21 bits per heavy atom. The van der Waals surface area contributed by atoms with Crippen LogP contribution in [0, 0.1) is 0 Å². The van der Waals surface area contributed by atoms with E-state index < -0.39 is 11.8 Å². The van der Waals surface area contributed by atoms with E-state index in [4.69, 9.17) is 0 Å². The first-order valence-corrected chi connectivity index (χ1v) is 4.25. The molecular formula is C9H12N2O3. The molecule has 1 rings (SSSR count). The van der Waals surface area contributed by atoms with Crippen molar-refractivity contribution < 1.29 is 14.4 Å². The summed E-state index contributed by atoms with van der Waals surface area (Å²) in [4.78, 5) is 34.5. The lowest BCUT2D eigenvalue weighted by Gasteiger charge is -2.24. The molecule has 1 saturated heterocycles. The Balaban J connectivity index is 2.69. The molecule has 3 amide bonds. The van der Waals surface area contributed by atoms with Crippen LogP contribution in [0.5, 0.6) is 0 Å². The summed E-state index contributed by atoms with van der Waals surface area (Å²) in [5.74, 6) is -1.17. The second kappa shape index (κ2) is 4.04. The first-order chi connectivity index (χ1) is 6.49. The molecule has 1 N–H and O–H groups in total. The highest BCUT2D eigenvalue weighted by molar-refractivity contribution is 6.04. The third-order valence-electron chi connectivity index (χ3n) is 1.67. The summed E-state index contributed by atoms with van der Waals surface area (Å²) >= 11 is 0. The van der Waals surface area contributed by atoms with Crippen molar-refractivity contribution >= 4 is 17.7 Å². The quantitative estimate of drug-likeness (QED) is 0.451. The fourth-order valence-corrected chi connectivity index (χ4v) is 1.13. The van der Waals surface area contributed by atoms with Crippen molar-refractivity contribution in [2.24, 2.45) is 0 Å². The Labute approximate surface area is 81.8 Å². The molecule has 0 bridgehead atoms. The maximum Gasteiger partial charge on any atom is 0.247 e. The van der Waals surface area contributed by atoms with Gasteiger partial charge < -0.3 is 4.90 Å². The molecule has 0 atom stereocenters. The lowest BCUT2D eigenvalue weighted by atomic mass is 10.2. The minimum absolute atomic E-state index is 0.0473. The summed E-state index contributed by atoms with van der Waals surface area (Å²) < 4.78 is 0. The van der Waals surface area contributed by atoms with E-state index in [1.807, 2.05) is 0 Å². The van der Waals surface area contributed by atoms with Crippen molar-refractivity contribution in [3.63, 3.8) is 0 Å². The predicted molar refractivity (Wildman–Crippen MR) is 49.2 cm³/mol. The molecule has 1 aliphatic rings. The van der Waals surface area contributed by atoms with E-state index in [9.17, 15) is 14.4 Å². The molecule has 1 aliphatic heterocycles. The number of allylic oxidation sites excluding steroid dienone is 1. The molecule has 0 radical (unpaired) electrons. The van der Waals surface area contributed by atoms with Crippen LogP contribution >= 0.6 is 0 Å². The number of piperazine rings is 1. The lowest BCUT2D eigenvalue weighted by Crippen LogP contribution is -2.53. The topological polar surface area (TPSA) is 66.5 Å². The fourth-order valence-electron chi connectivity index (χ4n) is 1.13. The number of nitrogens with one attached hydrogen (secondary N) is 1. The number of hydrogen-bond acceptors (Lipinski definition) is 3. The number of imide groups is 1. The van der Waals surface area contributed by atoms with Gasteiger partial charge in [0.25, 0.3) is 0 Å². The summed E-state index contributed by atoms with van der Waals surface area (Å²) in [6, 6.07) is 0. The van der Waals surface area contributed by atoms with Gasteiger partial charge in [0.05, 0.1) is 0 Å². The zero-order valence-electron chi connectivity index (χ0n) is 8.16. The first-order valence-electron chi connectivity index (χ1n) is 4.25. The van der Waals surface area contributed by atoms with E-state index in [1.54, 1.807) is 13.8 Å². The van der Waals surface area contributed by atoms with Crippen LogP contribution < -0.4 is 5.32 Å². The average molecular weight is 196 g/mol. The average Bonchev–Trinajstić information content (AvgIpc) is 2.00. The van der Waals surface area contributed by atoms with Gasteiger partial charge in [-0.3, -0.25) is 19.7 Å². The van der Waals surface area contributed by atoms with Gasteiger partial charge in [-0.05, 0) is 13.8 Å². The monoisotopic (exact) mass is 196 g/mol. The maximum atomic E-state index is 11.4. The molecule has 1 fully saturated rings. The van der Waals surface area contributed by atoms with Crippen LogP contribution in [-0.2, 0) is 14.4 Å². The Morgan fingerprint density at radius 1 is 1.29 bits per heavy atom. The smallest absolute Gasteiger partial charge is 0.247 e.